The molecule has 1 heterocycles. The van der Waals surface area contributed by atoms with Gasteiger partial charge in [-0.05, 0) is 30.2 Å². The van der Waals surface area contributed by atoms with Crippen LogP contribution in [0.2, 0.25) is 0 Å². The van der Waals surface area contributed by atoms with Gasteiger partial charge in [-0.15, -0.1) is 0 Å². The minimum atomic E-state index is -4.42. The van der Waals surface area contributed by atoms with E-state index in [-0.39, 0.29) is 23.9 Å². The Labute approximate surface area is 169 Å². The summed E-state index contributed by atoms with van der Waals surface area (Å²) in [4.78, 5) is 17.2. The number of sulfonamides is 1. The van der Waals surface area contributed by atoms with E-state index in [2.05, 4.69) is 0 Å². The Morgan fingerprint density at radius 1 is 1.14 bits per heavy atom. The fourth-order valence-corrected chi connectivity index (χ4v) is 3.73. The average Bonchev–Trinajstić information content (AvgIpc) is 2.59. The van der Waals surface area contributed by atoms with Gasteiger partial charge < -0.3 is 9.80 Å². The Morgan fingerprint density at radius 2 is 1.69 bits per heavy atom. The van der Waals surface area contributed by atoms with Gasteiger partial charge in [0.05, 0.1) is 11.4 Å². The lowest BCUT2D eigenvalue weighted by atomic mass is 10.2. The molecule has 0 atom stereocenters. The van der Waals surface area contributed by atoms with Gasteiger partial charge >= 0.3 is 6.18 Å². The maximum absolute atomic E-state index is 12.8. The molecule has 0 aliphatic carbocycles. The van der Waals surface area contributed by atoms with E-state index in [1.54, 1.807) is 26.0 Å². The summed E-state index contributed by atoms with van der Waals surface area (Å²) in [5.74, 6) is -0.583. The predicted molar refractivity (Wildman–Crippen MR) is 104 cm³/mol. The number of nitrogens with zero attached hydrogens (tertiary/aromatic N) is 3. The van der Waals surface area contributed by atoms with Crippen molar-refractivity contribution in [3.63, 3.8) is 0 Å². The first-order valence-corrected chi connectivity index (χ1v) is 10.8. The highest BCUT2D eigenvalue weighted by Crippen LogP contribution is 2.20. The zero-order valence-electron chi connectivity index (χ0n) is 16.5. The highest BCUT2D eigenvalue weighted by atomic mass is 32.2. The Balaban J connectivity index is 1.92. The molecule has 1 aliphatic heterocycles. The van der Waals surface area contributed by atoms with E-state index < -0.39 is 28.7 Å². The van der Waals surface area contributed by atoms with Crippen molar-refractivity contribution in [3.05, 3.63) is 24.3 Å². The Hall–Kier alpha value is -1.85. The number of amides is 1. The van der Waals surface area contributed by atoms with Crippen LogP contribution in [0.3, 0.4) is 0 Å². The van der Waals surface area contributed by atoms with Crippen molar-refractivity contribution in [1.29, 1.82) is 0 Å². The smallest absolute Gasteiger partial charge is 0.369 e. The number of halogens is 3. The molecule has 1 amide bonds. The molecule has 1 aromatic rings. The van der Waals surface area contributed by atoms with Crippen molar-refractivity contribution < 1.29 is 26.4 Å². The lowest BCUT2D eigenvalue weighted by Crippen LogP contribution is -2.51. The molecule has 0 saturated carbocycles. The molecule has 164 valence electrons. The van der Waals surface area contributed by atoms with Crippen LogP contribution in [0.25, 0.3) is 0 Å². The van der Waals surface area contributed by atoms with Crippen LogP contribution >= 0.6 is 0 Å². The maximum atomic E-state index is 12.8. The summed E-state index contributed by atoms with van der Waals surface area (Å²) in [5, 5.41) is 5.09. The second-order valence-electron chi connectivity index (χ2n) is 7.59. The molecule has 0 bridgehead atoms. The fraction of sp³-hybridized carbons (Fsp3) is 0.611. The van der Waals surface area contributed by atoms with Gasteiger partial charge in [0.15, 0.2) is 0 Å². The third-order valence-electron chi connectivity index (χ3n) is 4.57. The first kappa shape index (κ1) is 23.4. The molecule has 1 aromatic carbocycles. The van der Waals surface area contributed by atoms with Gasteiger partial charge in [-0.25, -0.2) is 13.6 Å². The number of benzene rings is 1. The largest absolute Gasteiger partial charge is 0.406 e. The van der Waals surface area contributed by atoms with Crippen molar-refractivity contribution in [2.45, 2.75) is 24.9 Å². The molecule has 29 heavy (non-hydrogen) atoms. The SMILES string of the molecule is CC(C)CN(CC(F)(F)F)C(=O)CN1CCN(c2ccc(S(N)(=O)=O)cc2)CC1. The normalized spacial score (nSPS) is 16.3. The second-order valence-corrected chi connectivity index (χ2v) is 9.15. The number of nitrogens with two attached hydrogens (primary N) is 1. The number of piperazine rings is 1. The molecule has 2 N–H and O–H groups in total. The molecule has 11 heteroatoms. The number of primary sulfonamides is 1. The van der Waals surface area contributed by atoms with Crippen LogP contribution in [0.4, 0.5) is 18.9 Å². The number of hydrogen-bond donors (Lipinski definition) is 1. The summed E-state index contributed by atoms with van der Waals surface area (Å²) in [6.45, 7) is 4.51. The van der Waals surface area contributed by atoms with Gasteiger partial charge in [0.25, 0.3) is 0 Å². The van der Waals surface area contributed by atoms with E-state index in [0.29, 0.717) is 26.2 Å². The molecule has 0 aromatic heterocycles. The molecular formula is C18H27F3N4O3S. The number of hydrogen-bond acceptors (Lipinski definition) is 5. The molecular weight excluding hydrogens is 409 g/mol. The number of anilines is 1. The summed E-state index contributed by atoms with van der Waals surface area (Å²) in [5.41, 5.74) is 0.821. The minimum absolute atomic E-state index is 0.0281. The summed E-state index contributed by atoms with van der Waals surface area (Å²) >= 11 is 0. The van der Waals surface area contributed by atoms with Gasteiger partial charge in [0.2, 0.25) is 15.9 Å². The Kier molecular flexibility index (Phi) is 7.52. The standard InChI is InChI=1S/C18H27F3N4O3S/c1-14(2)11-25(13-18(19,20)21)17(26)12-23-7-9-24(10-8-23)15-3-5-16(6-4-15)29(22,27)28/h3-6,14H,7-13H2,1-2H3,(H2,22,27,28). The molecule has 1 fully saturated rings. The predicted octanol–water partition coefficient (Wildman–Crippen LogP) is 1.50. The molecule has 0 radical (unpaired) electrons. The van der Waals surface area contributed by atoms with Crippen molar-refractivity contribution in [3.8, 4) is 0 Å². The highest BCUT2D eigenvalue weighted by Gasteiger charge is 2.34. The second kappa shape index (κ2) is 9.31. The lowest BCUT2D eigenvalue weighted by Gasteiger charge is -2.37. The van der Waals surface area contributed by atoms with Crippen LogP contribution in [0.5, 0.6) is 0 Å². The van der Waals surface area contributed by atoms with Crippen LogP contribution in [-0.4, -0.2) is 76.1 Å². The van der Waals surface area contributed by atoms with E-state index in [1.165, 1.54) is 12.1 Å². The van der Waals surface area contributed by atoms with Crippen molar-refractivity contribution in [2.24, 2.45) is 11.1 Å². The lowest BCUT2D eigenvalue weighted by molar-refractivity contribution is -0.162. The molecule has 1 saturated heterocycles. The molecule has 2 rings (SSSR count). The van der Waals surface area contributed by atoms with Crippen molar-refractivity contribution in [1.82, 2.24) is 9.80 Å². The maximum Gasteiger partial charge on any atom is 0.406 e. The third-order valence-corrected chi connectivity index (χ3v) is 5.50. The zero-order chi connectivity index (χ0) is 21.8. The first-order chi connectivity index (χ1) is 13.3. The van der Waals surface area contributed by atoms with Gasteiger partial charge in [-0.3, -0.25) is 9.69 Å². The van der Waals surface area contributed by atoms with E-state index in [0.717, 1.165) is 10.6 Å². The van der Waals surface area contributed by atoms with Gasteiger partial charge in [-0.1, -0.05) is 13.8 Å². The number of alkyl halides is 3. The van der Waals surface area contributed by atoms with Gasteiger partial charge in [0, 0.05) is 38.4 Å². The minimum Gasteiger partial charge on any atom is -0.369 e. The van der Waals surface area contributed by atoms with Crippen LogP contribution in [0.1, 0.15) is 13.8 Å². The Bertz CT molecular complexity index is 790. The molecule has 0 unspecified atom stereocenters. The van der Waals surface area contributed by atoms with E-state index in [9.17, 15) is 26.4 Å². The Morgan fingerprint density at radius 3 is 2.14 bits per heavy atom. The first-order valence-electron chi connectivity index (χ1n) is 9.30. The average molecular weight is 437 g/mol. The number of carbonyl (C=O) groups excluding carboxylic acids is 1. The highest BCUT2D eigenvalue weighted by molar-refractivity contribution is 7.89. The summed E-state index contributed by atoms with van der Waals surface area (Å²) in [7, 11) is -3.75. The van der Waals surface area contributed by atoms with Crippen LogP contribution in [0, 0.1) is 5.92 Å². The van der Waals surface area contributed by atoms with Gasteiger partial charge in [-0.2, -0.15) is 13.2 Å². The quantitative estimate of drug-likeness (QED) is 0.700. The van der Waals surface area contributed by atoms with Gasteiger partial charge in [0.1, 0.15) is 6.54 Å². The topological polar surface area (TPSA) is 86.9 Å². The summed E-state index contributed by atoms with van der Waals surface area (Å²) < 4.78 is 61.0. The third kappa shape index (κ3) is 7.48. The molecule has 7 nitrogen and oxygen atoms in total. The molecule has 1 aliphatic rings. The van der Waals surface area contributed by atoms with Crippen molar-refractivity contribution in [2.75, 3.05) is 50.7 Å². The van der Waals surface area contributed by atoms with E-state index in [1.807, 2.05) is 9.80 Å². The molecule has 0 spiro atoms. The number of rotatable bonds is 7. The van der Waals surface area contributed by atoms with Crippen LogP contribution < -0.4 is 10.0 Å². The fourth-order valence-electron chi connectivity index (χ4n) is 3.21. The summed E-state index contributed by atoms with van der Waals surface area (Å²) in [6.07, 6.45) is -4.42. The monoisotopic (exact) mass is 436 g/mol. The van der Waals surface area contributed by atoms with Crippen molar-refractivity contribution >= 4 is 21.6 Å². The van der Waals surface area contributed by atoms with E-state index >= 15 is 0 Å². The van der Waals surface area contributed by atoms with E-state index in [4.69, 9.17) is 5.14 Å². The van der Waals surface area contributed by atoms with Crippen LogP contribution in [0.15, 0.2) is 29.2 Å². The summed E-state index contributed by atoms with van der Waals surface area (Å²) in [6, 6.07) is 6.19. The van der Waals surface area contributed by atoms with Crippen LogP contribution in [-0.2, 0) is 14.8 Å². The number of carbonyl (C=O) groups is 1. The zero-order valence-corrected chi connectivity index (χ0v) is 17.3.